The molecular formula is C70H45N3O2. The number of hydrogen-bond donors (Lipinski definition) is 0. The first-order valence-corrected chi connectivity index (χ1v) is 25.7. The number of fused-ring (bicyclic) bond motifs is 14. The van der Waals surface area contributed by atoms with Gasteiger partial charge in [0.15, 0.2) is 11.2 Å². The maximum Gasteiger partial charge on any atom is 0.159 e. The minimum Gasteiger partial charge on any atom is -0.454 e. The summed E-state index contributed by atoms with van der Waals surface area (Å²) in [6.45, 7) is 4.37. The van der Waals surface area contributed by atoms with Gasteiger partial charge in [-0.1, -0.05) is 140 Å². The van der Waals surface area contributed by atoms with Crippen molar-refractivity contribution >= 4 is 138 Å². The fraction of sp³-hybridized carbons (Fsp3) is 0.0286. The molecule has 0 radical (unpaired) electrons. The number of hydrogen-bond acceptors (Lipinski definition) is 4. The summed E-state index contributed by atoms with van der Waals surface area (Å²) in [7, 11) is 0. The predicted octanol–water partition coefficient (Wildman–Crippen LogP) is 20.2. The van der Waals surface area contributed by atoms with Crippen molar-refractivity contribution < 1.29 is 8.83 Å². The minimum absolute atomic E-state index is 0.867. The van der Waals surface area contributed by atoms with Gasteiger partial charge in [-0.15, -0.1) is 0 Å². The zero-order valence-electron chi connectivity index (χ0n) is 41.2. The molecule has 352 valence electrons. The van der Waals surface area contributed by atoms with E-state index in [1.807, 2.05) is 12.1 Å². The molecule has 0 saturated carbocycles. The molecule has 0 amide bonds. The van der Waals surface area contributed by atoms with Crippen LogP contribution in [0, 0.1) is 13.8 Å². The van der Waals surface area contributed by atoms with Crippen LogP contribution in [0.25, 0.3) is 115 Å². The normalized spacial score (nSPS) is 12.1. The Bertz CT molecular complexity index is 4710. The van der Waals surface area contributed by atoms with Crippen molar-refractivity contribution in [1.29, 1.82) is 0 Å². The number of furan rings is 2. The molecule has 4 heterocycles. The SMILES string of the molecule is Cc1ccccc1N(c1ccc2cc3c4cc(-c5ccccc5)cc5c6cc7ccc(N(c8ccccc8C)c8cccc9c8oc8ccccc89)cc7cc6n(c3cc2c1)c45)c1cccc2c1oc1ccccc12. The molecule has 16 rings (SSSR count). The largest absolute Gasteiger partial charge is 0.454 e. The quantitative estimate of drug-likeness (QED) is 0.159. The maximum absolute atomic E-state index is 6.71. The Morgan fingerprint density at radius 2 is 0.747 bits per heavy atom. The van der Waals surface area contributed by atoms with E-state index < -0.39 is 0 Å². The van der Waals surface area contributed by atoms with Crippen molar-refractivity contribution in [3.8, 4) is 11.1 Å². The second-order valence-corrected chi connectivity index (χ2v) is 20.2. The highest BCUT2D eigenvalue weighted by Crippen LogP contribution is 2.49. The molecular weight excluding hydrogens is 915 g/mol. The van der Waals surface area contributed by atoms with Gasteiger partial charge in [-0.05, 0) is 155 Å². The highest BCUT2D eigenvalue weighted by atomic mass is 16.3. The number of aromatic nitrogens is 1. The van der Waals surface area contributed by atoms with Crippen LogP contribution in [0.5, 0.6) is 0 Å². The van der Waals surface area contributed by atoms with Crippen molar-refractivity contribution in [3.05, 3.63) is 248 Å². The Morgan fingerprint density at radius 3 is 1.25 bits per heavy atom. The molecule has 0 spiro atoms. The van der Waals surface area contributed by atoms with Gasteiger partial charge in [0.2, 0.25) is 0 Å². The van der Waals surface area contributed by atoms with Gasteiger partial charge in [-0.25, -0.2) is 0 Å². The first-order chi connectivity index (χ1) is 37.0. The van der Waals surface area contributed by atoms with E-state index in [0.29, 0.717) is 0 Å². The summed E-state index contributed by atoms with van der Waals surface area (Å²) >= 11 is 0. The summed E-state index contributed by atoms with van der Waals surface area (Å²) in [6, 6.07) is 86.0. The van der Waals surface area contributed by atoms with E-state index in [1.54, 1.807) is 0 Å². The molecule has 0 fully saturated rings. The van der Waals surface area contributed by atoms with Gasteiger partial charge in [-0.2, -0.15) is 0 Å². The molecule has 0 N–H and O–H groups in total. The average molecular weight is 960 g/mol. The summed E-state index contributed by atoms with van der Waals surface area (Å²) in [5.41, 5.74) is 18.2. The lowest BCUT2D eigenvalue weighted by atomic mass is 9.97. The van der Waals surface area contributed by atoms with Gasteiger partial charge in [0.25, 0.3) is 0 Å². The van der Waals surface area contributed by atoms with Gasteiger partial charge < -0.3 is 23.0 Å². The Morgan fingerprint density at radius 1 is 0.307 bits per heavy atom. The van der Waals surface area contributed by atoms with Gasteiger partial charge in [-0.3, -0.25) is 0 Å². The Kier molecular flexibility index (Phi) is 8.81. The van der Waals surface area contributed by atoms with Gasteiger partial charge in [0.05, 0.1) is 27.9 Å². The lowest BCUT2D eigenvalue weighted by Crippen LogP contribution is -2.11. The van der Waals surface area contributed by atoms with E-state index in [2.05, 4.69) is 253 Å². The van der Waals surface area contributed by atoms with Crippen molar-refractivity contribution in [2.75, 3.05) is 9.80 Å². The molecule has 0 bridgehead atoms. The number of rotatable bonds is 7. The van der Waals surface area contributed by atoms with Gasteiger partial charge in [0, 0.05) is 65.8 Å². The zero-order valence-corrected chi connectivity index (χ0v) is 41.2. The Hall–Kier alpha value is -9.84. The van der Waals surface area contributed by atoms with Crippen LogP contribution in [-0.4, -0.2) is 4.40 Å². The predicted molar refractivity (Wildman–Crippen MR) is 315 cm³/mol. The van der Waals surface area contributed by atoms with Crippen LogP contribution in [0.4, 0.5) is 34.1 Å². The third-order valence-electron chi connectivity index (χ3n) is 15.9. The molecule has 0 atom stereocenters. The Labute approximate surface area is 431 Å². The molecule has 4 aromatic heterocycles. The second kappa shape index (κ2) is 15.8. The maximum atomic E-state index is 6.71. The van der Waals surface area contributed by atoms with Crippen LogP contribution in [0.2, 0.25) is 0 Å². The van der Waals surface area contributed by atoms with Gasteiger partial charge >= 0.3 is 0 Å². The molecule has 5 heteroatoms. The van der Waals surface area contributed by atoms with Gasteiger partial charge in [0.1, 0.15) is 11.2 Å². The monoisotopic (exact) mass is 959 g/mol. The summed E-state index contributed by atoms with van der Waals surface area (Å²) in [4.78, 5) is 4.74. The highest BCUT2D eigenvalue weighted by molar-refractivity contribution is 6.27. The molecule has 5 nitrogen and oxygen atoms in total. The standard InChI is InChI=1S/C70H45N3O2/c1-42-16-6-10-24-60(42)71(62-26-14-22-54-52-20-8-12-28-66(52)74-69(54)62)50-32-30-45-36-56-58-38-49(44-18-4-3-5-19-44)39-59-57-37-46-31-33-51(35-48(46)41-65(57)73(68(58)59)64(56)40-47(45)34-50)72(61-25-11-7-17-43(61)2)63-27-15-23-55-53-21-9-13-29-67(53)75-70(55)63/h3-41H,1-2H3. The second-order valence-electron chi connectivity index (χ2n) is 20.2. The summed E-state index contributed by atoms with van der Waals surface area (Å²) < 4.78 is 16.0. The first kappa shape index (κ1) is 41.7. The fourth-order valence-electron chi connectivity index (χ4n) is 12.3. The lowest BCUT2D eigenvalue weighted by Gasteiger charge is -2.27. The Balaban J connectivity index is 0.938. The molecule has 12 aromatic carbocycles. The first-order valence-electron chi connectivity index (χ1n) is 25.7. The van der Waals surface area contributed by atoms with Crippen molar-refractivity contribution in [2.24, 2.45) is 0 Å². The molecule has 75 heavy (non-hydrogen) atoms. The van der Waals surface area contributed by atoms with Crippen molar-refractivity contribution in [3.63, 3.8) is 0 Å². The number of para-hydroxylation sites is 6. The fourth-order valence-corrected chi connectivity index (χ4v) is 12.3. The van der Waals surface area contributed by atoms with E-state index >= 15 is 0 Å². The molecule has 0 aliphatic heterocycles. The van der Waals surface area contributed by atoms with E-state index in [9.17, 15) is 0 Å². The van der Waals surface area contributed by atoms with Crippen LogP contribution in [0.1, 0.15) is 11.1 Å². The lowest BCUT2D eigenvalue weighted by molar-refractivity contribution is 0.668. The highest BCUT2D eigenvalue weighted by Gasteiger charge is 2.25. The molecule has 0 saturated heterocycles. The van der Waals surface area contributed by atoms with E-state index in [4.69, 9.17) is 8.83 Å². The summed E-state index contributed by atoms with van der Waals surface area (Å²) in [5, 5.41) is 14.1. The number of aryl methyl sites for hydroxylation is 2. The molecule has 0 unspecified atom stereocenters. The summed E-state index contributed by atoms with van der Waals surface area (Å²) in [5.74, 6) is 0. The van der Waals surface area contributed by atoms with Crippen LogP contribution in [0.3, 0.4) is 0 Å². The van der Waals surface area contributed by atoms with E-state index in [0.717, 1.165) is 88.8 Å². The van der Waals surface area contributed by atoms with Crippen LogP contribution >= 0.6 is 0 Å². The third-order valence-corrected chi connectivity index (χ3v) is 15.9. The number of anilines is 6. The van der Waals surface area contributed by atoms with Crippen LogP contribution < -0.4 is 9.80 Å². The van der Waals surface area contributed by atoms with Crippen LogP contribution in [0.15, 0.2) is 245 Å². The van der Waals surface area contributed by atoms with Crippen molar-refractivity contribution in [2.45, 2.75) is 13.8 Å². The third kappa shape index (κ3) is 6.19. The smallest absolute Gasteiger partial charge is 0.159 e. The zero-order chi connectivity index (χ0) is 49.5. The average Bonchev–Trinajstić information content (AvgIpc) is 4.26. The van der Waals surface area contributed by atoms with Crippen molar-refractivity contribution in [1.82, 2.24) is 4.40 Å². The van der Waals surface area contributed by atoms with Crippen LogP contribution in [-0.2, 0) is 0 Å². The molecule has 16 aromatic rings. The number of benzene rings is 12. The van der Waals surface area contributed by atoms with E-state index in [1.165, 1.54) is 71.1 Å². The summed E-state index contributed by atoms with van der Waals surface area (Å²) in [6.07, 6.45) is 0. The minimum atomic E-state index is 0.867. The molecule has 0 aliphatic carbocycles. The number of nitrogens with zero attached hydrogens (tertiary/aromatic N) is 3. The van der Waals surface area contributed by atoms with E-state index in [-0.39, 0.29) is 0 Å². The molecule has 0 aliphatic rings. The topological polar surface area (TPSA) is 37.2 Å².